The molecule has 0 saturated heterocycles. The lowest BCUT2D eigenvalue weighted by Crippen LogP contribution is -2.37. The maximum absolute atomic E-state index is 11.8. The number of anilines is 1. The van der Waals surface area contributed by atoms with Crippen molar-refractivity contribution in [1.29, 1.82) is 0 Å². The van der Waals surface area contributed by atoms with Crippen LogP contribution in [0.5, 0.6) is 0 Å². The molecule has 1 aromatic rings. The van der Waals surface area contributed by atoms with Crippen LogP contribution in [0.2, 0.25) is 0 Å². The largest absolute Gasteiger partial charge is 0.370 e. The highest BCUT2D eigenvalue weighted by atomic mass is 16.1. The number of terminal acetylenes is 1. The molecule has 1 amide bonds. The Hall–Kier alpha value is -2.48. The molecule has 0 atom stereocenters. The van der Waals surface area contributed by atoms with Gasteiger partial charge in [-0.2, -0.15) is 0 Å². The third-order valence-electron chi connectivity index (χ3n) is 2.79. The van der Waals surface area contributed by atoms with Crippen LogP contribution in [0.25, 0.3) is 0 Å². The topological polar surface area (TPSA) is 70.7 Å². The number of hydrogen-bond acceptors (Lipinski definition) is 2. The zero-order chi connectivity index (χ0) is 15.0. The molecule has 0 unspecified atom stereocenters. The molecule has 0 spiro atoms. The smallest absolute Gasteiger partial charge is 0.246 e. The van der Waals surface area contributed by atoms with Gasteiger partial charge in [-0.15, -0.1) is 6.42 Å². The molecule has 20 heavy (non-hydrogen) atoms. The van der Waals surface area contributed by atoms with Gasteiger partial charge in [-0.05, 0) is 32.0 Å². The Morgan fingerprint density at radius 2 is 2.15 bits per heavy atom. The van der Waals surface area contributed by atoms with Crippen molar-refractivity contribution in [3.63, 3.8) is 0 Å². The van der Waals surface area contributed by atoms with Crippen LogP contribution in [-0.2, 0) is 4.79 Å². The number of carbonyl (C=O) groups is 1. The zero-order valence-electron chi connectivity index (χ0n) is 11.9. The fourth-order valence-corrected chi connectivity index (χ4v) is 1.69. The third kappa shape index (κ3) is 4.65. The fraction of sp³-hybridized carbons (Fsp3) is 0.333. The first-order valence-electron chi connectivity index (χ1n) is 6.52. The summed E-state index contributed by atoms with van der Waals surface area (Å²) < 4.78 is 0. The molecule has 106 valence electrons. The summed E-state index contributed by atoms with van der Waals surface area (Å²) in [7, 11) is 0. The van der Waals surface area contributed by atoms with Crippen molar-refractivity contribution >= 4 is 17.6 Å². The molecule has 0 bridgehead atoms. The van der Waals surface area contributed by atoms with Gasteiger partial charge in [0.1, 0.15) is 6.54 Å². The molecule has 0 fully saturated rings. The minimum atomic E-state index is -0.228. The number of benzene rings is 1. The summed E-state index contributed by atoms with van der Waals surface area (Å²) in [6, 6.07) is 7.09. The first-order chi connectivity index (χ1) is 9.60. The predicted molar refractivity (Wildman–Crippen MR) is 82.4 cm³/mol. The number of amides is 1. The molecule has 0 aromatic heterocycles. The van der Waals surface area contributed by atoms with Gasteiger partial charge in [-0.3, -0.25) is 4.79 Å². The summed E-state index contributed by atoms with van der Waals surface area (Å²) >= 11 is 0. The Morgan fingerprint density at radius 1 is 1.45 bits per heavy atom. The first kappa shape index (κ1) is 15.6. The summed E-state index contributed by atoms with van der Waals surface area (Å²) in [4.78, 5) is 17.7. The molecular formula is C15H20N4O. The average Bonchev–Trinajstić information content (AvgIpc) is 2.46. The van der Waals surface area contributed by atoms with E-state index in [2.05, 4.69) is 16.2 Å². The quantitative estimate of drug-likeness (QED) is 0.481. The number of hydrogen-bond donors (Lipinski definition) is 2. The van der Waals surface area contributed by atoms with Crippen LogP contribution in [0.4, 0.5) is 5.69 Å². The maximum Gasteiger partial charge on any atom is 0.246 e. The van der Waals surface area contributed by atoms with Crippen molar-refractivity contribution in [3.05, 3.63) is 29.8 Å². The van der Waals surface area contributed by atoms with Gasteiger partial charge in [0.25, 0.3) is 0 Å². The van der Waals surface area contributed by atoms with Crippen LogP contribution in [0, 0.1) is 12.3 Å². The Labute approximate surface area is 119 Å². The predicted octanol–water partition coefficient (Wildman–Crippen LogP) is 1.26. The summed E-state index contributed by atoms with van der Waals surface area (Å²) in [6.07, 6.45) is 5.31. The third-order valence-corrected chi connectivity index (χ3v) is 2.79. The van der Waals surface area contributed by atoms with Crippen molar-refractivity contribution < 1.29 is 4.79 Å². The Kier molecular flexibility index (Phi) is 6.11. The second kappa shape index (κ2) is 7.85. The second-order valence-electron chi connectivity index (χ2n) is 4.12. The lowest BCUT2D eigenvalue weighted by Gasteiger charge is -2.19. The molecule has 0 aliphatic carbocycles. The zero-order valence-corrected chi connectivity index (χ0v) is 11.9. The number of carbonyl (C=O) groups excluding carboxylic acids is 1. The minimum Gasteiger partial charge on any atom is -0.370 e. The summed E-state index contributed by atoms with van der Waals surface area (Å²) in [5, 5.41) is 2.73. The number of nitrogens with zero attached hydrogens (tertiary/aromatic N) is 2. The van der Waals surface area contributed by atoms with E-state index in [9.17, 15) is 4.79 Å². The van der Waals surface area contributed by atoms with E-state index >= 15 is 0 Å². The SMILES string of the molecule is C#Cc1cccc(NC(=O)CN=C(N)N(CC)CC)c1. The normalized spacial score (nSPS) is 10.8. The van der Waals surface area contributed by atoms with E-state index in [0.717, 1.165) is 13.1 Å². The summed E-state index contributed by atoms with van der Waals surface area (Å²) in [6.45, 7) is 5.48. The van der Waals surface area contributed by atoms with Crippen molar-refractivity contribution in [2.45, 2.75) is 13.8 Å². The van der Waals surface area contributed by atoms with E-state index in [-0.39, 0.29) is 12.5 Å². The molecule has 0 aliphatic heterocycles. The molecule has 5 heteroatoms. The molecule has 0 radical (unpaired) electrons. The van der Waals surface area contributed by atoms with E-state index in [1.807, 2.05) is 18.7 Å². The van der Waals surface area contributed by atoms with Crippen molar-refractivity contribution in [1.82, 2.24) is 4.90 Å². The molecule has 0 heterocycles. The van der Waals surface area contributed by atoms with Gasteiger partial charge in [-0.25, -0.2) is 4.99 Å². The lowest BCUT2D eigenvalue weighted by molar-refractivity contribution is -0.114. The average molecular weight is 272 g/mol. The number of nitrogens with one attached hydrogen (secondary N) is 1. The van der Waals surface area contributed by atoms with Crippen LogP contribution >= 0.6 is 0 Å². The van der Waals surface area contributed by atoms with E-state index in [1.54, 1.807) is 24.3 Å². The molecule has 3 N–H and O–H groups in total. The van der Waals surface area contributed by atoms with E-state index in [1.165, 1.54) is 0 Å². The fourth-order valence-electron chi connectivity index (χ4n) is 1.69. The molecule has 0 saturated carbocycles. The summed E-state index contributed by atoms with van der Waals surface area (Å²) in [5.41, 5.74) is 7.17. The van der Waals surface area contributed by atoms with Crippen LogP contribution in [-0.4, -0.2) is 36.4 Å². The van der Waals surface area contributed by atoms with Crippen LogP contribution in [0.3, 0.4) is 0 Å². The van der Waals surface area contributed by atoms with Crippen LogP contribution in [0.15, 0.2) is 29.3 Å². The number of nitrogens with two attached hydrogens (primary N) is 1. The highest BCUT2D eigenvalue weighted by molar-refractivity contribution is 5.94. The summed E-state index contributed by atoms with van der Waals surface area (Å²) in [5.74, 6) is 2.67. The van der Waals surface area contributed by atoms with Gasteiger partial charge in [0.05, 0.1) is 0 Å². The molecule has 1 rings (SSSR count). The van der Waals surface area contributed by atoms with Crippen LogP contribution < -0.4 is 11.1 Å². The molecule has 0 aliphatic rings. The molecule has 5 nitrogen and oxygen atoms in total. The van der Waals surface area contributed by atoms with Crippen LogP contribution in [0.1, 0.15) is 19.4 Å². The Bertz CT molecular complexity index is 527. The highest BCUT2D eigenvalue weighted by Gasteiger charge is 2.05. The number of guanidine groups is 1. The number of aliphatic imine (C=N–C) groups is 1. The molecule has 1 aromatic carbocycles. The monoisotopic (exact) mass is 272 g/mol. The van der Waals surface area contributed by atoms with Gasteiger partial charge in [-0.1, -0.05) is 12.0 Å². The standard InChI is InChI=1S/C15H20N4O/c1-4-12-8-7-9-13(10-12)18-14(20)11-17-15(16)19(5-2)6-3/h1,7-10H,5-6,11H2,2-3H3,(H2,16,17)(H,18,20). The van der Waals surface area contributed by atoms with Gasteiger partial charge in [0.15, 0.2) is 5.96 Å². The van der Waals surface area contributed by atoms with Crippen molar-refractivity contribution in [2.75, 3.05) is 25.0 Å². The maximum atomic E-state index is 11.8. The Balaban J connectivity index is 2.60. The minimum absolute atomic E-state index is 0.0113. The van der Waals surface area contributed by atoms with Gasteiger partial charge in [0, 0.05) is 24.3 Å². The number of rotatable bonds is 5. The molecular weight excluding hydrogens is 252 g/mol. The Morgan fingerprint density at radius 3 is 2.75 bits per heavy atom. The highest BCUT2D eigenvalue weighted by Crippen LogP contribution is 2.09. The van der Waals surface area contributed by atoms with Gasteiger partial charge < -0.3 is 16.0 Å². The van der Waals surface area contributed by atoms with E-state index in [0.29, 0.717) is 17.2 Å². The lowest BCUT2D eigenvalue weighted by atomic mass is 10.2. The second-order valence-corrected chi connectivity index (χ2v) is 4.12. The first-order valence-corrected chi connectivity index (χ1v) is 6.52. The van der Waals surface area contributed by atoms with Crippen molar-refractivity contribution in [3.8, 4) is 12.3 Å². The van der Waals surface area contributed by atoms with Gasteiger partial charge >= 0.3 is 0 Å². The van der Waals surface area contributed by atoms with E-state index < -0.39 is 0 Å². The van der Waals surface area contributed by atoms with Crippen molar-refractivity contribution in [2.24, 2.45) is 10.7 Å². The van der Waals surface area contributed by atoms with Gasteiger partial charge in [0.2, 0.25) is 5.91 Å². The van der Waals surface area contributed by atoms with E-state index in [4.69, 9.17) is 12.2 Å².